The molecule has 1 aromatic heterocycles. The summed E-state index contributed by atoms with van der Waals surface area (Å²) < 4.78 is 2.41. The van der Waals surface area contributed by atoms with Crippen LogP contribution in [-0.2, 0) is 5.41 Å². The molecule has 0 radical (unpaired) electrons. The van der Waals surface area contributed by atoms with E-state index in [9.17, 15) is 0 Å². The Morgan fingerprint density at radius 2 is 2.00 bits per heavy atom. The van der Waals surface area contributed by atoms with Gasteiger partial charge in [-0.1, -0.05) is 20.8 Å². The molecule has 3 rings (SSSR count). The Kier molecular flexibility index (Phi) is 2.03. The first kappa shape index (κ1) is 10.6. The van der Waals surface area contributed by atoms with Gasteiger partial charge in [-0.05, 0) is 31.0 Å². The zero-order valence-electron chi connectivity index (χ0n) is 10.7. The lowest BCUT2D eigenvalue weighted by Gasteiger charge is -2.19. The summed E-state index contributed by atoms with van der Waals surface area (Å²) >= 11 is 0. The lowest BCUT2D eigenvalue weighted by molar-refractivity contribution is 0.507. The molecule has 0 aliphatic heterocycles. The van der Waals surface area contributed by atoms with Crippen LogP contribution in [0.5, 0.6) is 0 Å². The fourth-order valence-corrected chi connectivity index (χ4v) is 2.35. The maximum absolute atomic E-state index is 5.83. The minimum atomic E-state index is 0.0797. The van der Waals surface area contributed by atoms with Crippen LogP contribution in [0.2, 0.25) is 0 Å². The highest BCUT2D eigenvalue weighted by molar-refractivity contribution is 5.80. The van der Waals surface area contributed by atoms with Gasteiger partial charge in [0.05, 0.1) is 11.0 Å². The van der Waals surface area contributed by atoms with Crippen molar-refractivity contribution in [2.24, 2.45) is 0 Å². The summed E-state index contributed by atoms with van der Waals surface area (Å²) in [4.78, 5) is 4.79. The molecule has 0 unspecified atom stereocenters. The molecule has 2 N–H and O–H groups in total. The molecule has 3 heteroatoms. The number of nitrogens with two attached hydrogens (primary N) is 1. The molecule has 1 fully saturated rings. The fourth-order valence-electron chi connectivity index (χ4n) is 2.35. The molecular weight excluding hydrogens is 210 g/mol. The first-order valence-electron chi connectivity index (χ1n) is 6.25. The van der Waals surface area contributed by atoms with Crippen molar-refractivity contribution < 1.29 is 0 Å². The highest BCUT2D eigenvalue weighted by Gasteiger charge is 2.32. The number of hydrogen-bond donors (Lipinski definition) is 1. The van der Waals surface area contributed by atoms with Crippen LogP contribution >= 0.6 is 0 Å². The molecule has 90 valence electrons. The fraction of sp³-hybridized carbons (Fsp3) is 0.500. The molecule has 1 aliphatic carbocycles. The minimum absolute atomic E-state index is 0.0797. The first-order chi connectivity index (χ1) is 7.97. The van der Waals surface area contributed by atoms with E-state index in [0.717, 1.165) is 11.2 Å². The number of nitrogens with zero attached hydrogens (tertiary/aromatic N) is 2. The summed E-state index contributed by atoms with van der Waals surface area (Å²) in [7, 11) is 0. The highest BCUT2D eigenvalue weighted by Crippen LogP contribution is 2.41. The van der Waals surface area contributed by atoms with E-state index in [0.29, 0.717) is 6.04 Å². The Labute approximate surface area is 102 Å². The SMILES string of the molecule is CC(C)(C)c1nc2cc(N)ccc2n1C1CC1. The Hall–Kier alpha value is -1.51. The van der Waals surface area contributed by atoms with Gasteiger partial charge in [0.2, 0.25) is 0 Å². The van der Waals surface area contributed by atoms with Crippen molar-refractivity contribution in [3.05, 3.63) is 24.0 Å². The molecule has 0 amide bonds. The quantitative estimate of drug-likeness (QED) is 0.763. The Bertz CT molecular complexity index is 571. The molecule has 17 heavy (non-hydrogen) atoms. The zero-order valence-corrected chi connectivity index (χ0v) is 10.7. The summed E-state index contributed by atoms with van der Waals surface area (Å²) in [6.45, 7) is 6.66. The normalized spacial score (nSPS) is 16.6. The monoisotopic (exact) mass is 229 g/mol. The molecule has 1 heterocycles. The molecule has 0 bridgehead atoms. The third kappa shape index (κ3) is 1.70. The topological polar surface area (TPSA) is 43.8 Å². The van der Waals surface area contributed by atoms with Crippen LogP contribution in [0.15, 0.2) is 18.2 Å². The van der Waals surface area contributed by atoms with Gasteiger partial charge in [-0.15, -0.1) is 0 Å². The zero-order chi connectivity index (χ0) is 12.2. The number of aromatic nitrogens is 2. The standard InChI is InChI=1S/C14H19N3/c1-14(2,3)13-16-11-8-9(15)4-7-12(11)17(13)10-5-6-10/h4,7-8,10H,5-6,15H2,1-3H3. The first-order valence-corrected chi connectivity index (χ1v) is 6.25. The van der Waals surface area contributed by atoms with Crippen LogP contribution in [0.4, 0.5) is 5.69 Å². The molecule has 1 aliphatic rings. The van der Waals surface area contributed by atoms with E-state index in [-0.39, 0.29) is 5.41 Å². The van der Waals surface area contributed by atoms with Gasteiger partial charge in [-0.3, -0.25) is 0 Å². The molecule has 1 saturated carbocycles. The second kappa shape index (κ2) is 3.25. The van der Waals surface area contributed by atoms with Crippen molar-refractivity contribution in [3.8, 4) is 0 Å². The third-order valence-corrected chi connectivity index (χ3v) is 3.30. The average molecular weight is 229 g/mol. The predicted molar refractivity (Wildman–Crippen MR) is 71.1 cm³/mol. The number of anilines is 1. The molecule has 0 atom stereocenters. The summed E-state index contributed by atoms with van der Waals surface area (Å²) in [5, 5.41) is 0. The van der Waals surface area contributed by atoms with E-state index in [4.69, 9.17) is 10.7 Å². The van der Waals surface area contributed by atoms with Gasteiger partial charge in [-0.2, -0.15) is 0 Å². The summed E-state index contributed by atoms with van der Waals surface area (Å²) in [6.07, 6.45) is 2.55. The van der Waals surface area contributed by atoms with E-state index in [1.165, 1.54) is 24.2 Å². The van der Waals surface area contributed by atoms with Crippen molar-refractivity contribution >= 4 is 16.7 Å². The largest absolute Gasteiger partial charge is 0.399 e. The van der Waals surface area contributed by atoms with Gasteiger partial charge in [0, 0.05) is 17.1 Å². The van der Waals surface area contributed by atoms with Crippen LogP contribution < -0.4 is 5.73 Å². The van der Waals surface area contributed by atoms with Gasteiger partial charge in [-0.25, -0.2) is 4.98 Å². The lowest BCUT2D eigenvalue weighted by Crippen LogP contribution is -2.18. The maximum atomic E-state index is 5.83. The predicted octanol–water partition coefficient (Wildman–Crippen LogP) is 3.25. The second-order valence-electron chi connectivity index (χ2n) is 6.03. The van der Waals surface area contributed by atoms with Gasteiger partial charge < -0.3 is 10.3 Å². The van der Waals surface area contributed by atoms with Gasteiger partial charge in [0.1, 0.15) is 5.82 Å². The second-order valence-corrected chi connectivity index (χ2v) is 6.03. The van der Waals surface area contributed by atoms with Gasteiger partial charge in [0.25, 0.3) is 0 Å². The van der Waals surface area contributed by atoms with E-state index in [2.05, 4.69) is 31.4 Å². The van der Waals surface area contributed by atoms with E-state index < -0.39 is 0 Å². The highest BCUT2D eigenvalue weighted by atomic mass is 15.1. The third-order valence-electron chi connectivity index (χ3n) is 3.30. The van der Waals surface area contributed by atoms with Crippen LogP contribution in [0.1, 0.15) is 45.5 Å². The number of benzene rings is 1. The summed E-state index contributed by atoms with van der Waals surface area (Å²) in [5.74, 6) is 1.18. The van der Waals surface area contributed by atoms with Crippen LogP contribution in [0.3, 0.4) is 0 Å². The van der Waals surface area contributed by atoms with Crippen molar-refractivity contribution in [2.75, 3.05) is 5.73 Å². The van der Waals surface area contributed by atoms with Crippen LogP contribution in [0, 0.1) is 0 Å². The van der Waals surface area contributed by atoms with Crippen LogP contribution in [-0.4, -0.2) is 9.55 Å². The molecule has 2 aromatic rings. The molecule has 0 saturated heterocycles. The van der Waals surface area contributed by atoms with Crippen molar-refractivity contribution in [1.82, 2.24) is 9.55 Å². The number of nitrogen functional groups attached to an aromatic ring is 1. The average Bonchev–Trinajstić information content (AvgIpc) is 2.97. The van der Waals surface area contributed by atoms with Crippen molar-refractivity contribution in [2.45, 2.75) is 45.1 Å². The molecule has 1 aromatic carbocycles. The molecular formula is C14H19N3. The van der Waals surface area contributed by atoms with E-state index in [1.54, 1.807) is 0 Å². The van der Waals surface area contributed by atoms with Gasteiger partial charge in [0.15, 0.2) is 0 Å². The Morgan fingerprint density at radius 1 is 1.29 bits per heavy atom. The summed E-state index contributed by atoms with van der Waals surface area (Å²) in [6, 6.07) is 6.70. The summed E-state index contributed by atoms with van der Waals surface area (Å²) in [5.41, 5.74) is 8.96. The van der Waals surface area contributed by atoms with Crippen LogP contribution in [0.25, 0.3) is 11.0 Å². The van der Waals surface area contributed by atoms with E-state index >= 15 is 0 Å². The van der Waals surface area contributed by atoms with Crippen molar-refractivity contribution in [1.29, 1.82) is 0 Å². The molecule has 0 spiro atoms. The van der Waals surface area contributed by atoms with Gasteiger partial charge >= 0.3 is 0 Å². The number of hydrogen-bond acceptors (Lipinski definition) is 2. The number of rotatable bonds is 1. The minimum Gasteiger partial charge on any atom is -0.399 e. The number of imidazole rings is 1. The van der Waals surface area contributed by atoms with Crippen molar-refractivity contribution in [3.63, 3.8) is 0 Å². The van der Waals surface area contributed by atoms with E-state index in [1.807, 2.05) is 12.1 Å². The smallest absolute Gasteiger partial charge is 0.115 e. The maximum Gasteiger partial charge on any atom is 0.115 e. The Balaban J connectivity index is 2.30. The Morgan fingerprint density at radius 3 is 2.59 bits per heavy atom. The molecule has 3 nitrogen and oxygen atoms in total. The lowest BCUT2D eigenvalue weighted by atomic mass is 9.95. The number of fused-ring (bicyclic) bond motifs is 1.